The number of benzene rings is 1. The fourth-order valence-electron chi connectivity index (χ4n) is 4.23. The highest BCUT2D eigenvalue weighted by molar-refractivity contribution is 5.39. The van der Waals surface area contributed by atoms with E-state index in [-0.39, 0.29) is 0 Å². The molecule has 0 amide bonds. The van der Waals surface area contributed by atoms with Crippen LogP contribution in [0.25, 0.3) is 0 Å². The molecule has 0 saturated heterocycles. The van der Waals surface area contributed by atoms with Crippen molar-refractivity contribution >= 4 is 0 Å². The standard InChI is InChI=1S/C19H26F2O/c1-12-2-4-13(5-3-12)6-7-14-8-9-15-11-17(22)19(21)18(20)16(15)10-14/h11-14,22H,2-10H2,1H3. The predicted octanol–water partition coefficient (Wildman–Crippen LogP) is 5.38. The molecule has 0 radical (unpaired) electrons. The van der Waals surface area contributed by atoms with Crippen molar-refractivity contribution < 1.29 is 13.9 Å². The molecule has 2 aliphatic rings. The highest BCUT2D eigenvalue weighted by atomic mass is 19.2. The van der Waals surface area contributed by atoms with Gasteiger partial charge >= 0.3 is 0 Å². The van der Waals surface area contributed by atoms with E-state index in [0.29, 0.717) is 17.9 Å². The maximum atomic E-state index is 14.0. The molecule has 1 N–H and O–H groups in total. The van der Waals surface area contributed by atoms with E-state index in [1.165, 1.54) is 38.2 Å². The van der Waals surface area contributed by atoms with Crippen LogP contribution in [0.3, 0.4) is 0 Å². The molecule has 3 heteroatoms. The molecule has 1 unspecified atom stereocenters. The first-order valence-corrected chi connectivity index (χ1v) is 8.73. The van der Waals surface area contributed by atoms with E-state index in [4.69, 9.17) is 0 Å². The summed E-state index contributed by atoms with van der Waals surface area (Å²) in [6.07, 6.45) is 10.1. The monoisotopic (exact) mass is 308 g/mol. The van der Waals surface area contributed by atoms with Gasteiger partial charge in [0.1, 0.15) is 0 Å². The minimum atomic E-state index is -1.08. The summed E-state index contributed by atoms with van der Waals surface area (Å²) in [7, 11) is 0. The number of phenols is 1. The van der Waals surface area contributed by atoms with Crippen molar-refractivity contribution in [3.05, 3.63) is 28.8 Å². The van der Waals surface area contributed by atoms with E-state index in [0.717, 1.165) is 36.7 Å². The Hall–Kier alpha value is -1.12. The molecule has 1 saturated carbocycles. The van der Waals surface area contributed by atoms with Gasteiger partial charge in [0.15, 0.2) is 11.6 Å². The van der Waals surface area contributed by atoms with Gasteiger partial charge in [0.25, 0.3) is 0 Å². The molecule has 1 aromatic carbocycles. The molecule has 0 aliphatic heterocycles. The molecule has 0 aromatic heterocycles. The van der Waals surface area contributed by atoms with Gasteiger partial charge in [0.2, 0.25) is 5.82 Å². The second kappa shape index (κ2) is 6.55. The zero-order valence-corrected chi connectivity index (χ0v) is 13.4. The average Bonchev–Trinajstić information content (AvgIpc) is 2.52. The lowest BCUT2D eigenvalue weighted by molar-refractivity contribution is 0.254. The normalized spacial score (nSPS) is 28.4. The summed E-state index contributed by atoms with van der Waals surface area (Å²) in [6.45, 7) is 2.33. The van der Waals surface area contributed by atoms with Crippen LogP contribution in [0, 0.1) is 29.4 Å². The lowest BCUT2D eigenvalue weighted by Crippen LogP contribution is -2.19. The zero-order valence-electron chi connectivity index (χ0n) is 13.4. The molecule has 1 fully saturated rings. The third-order valence-electron chi connectivity index (χ3n) is 5.81. The Labute approximate surface area is 131 Å². The Bertz CT molecular complexity index is 533. The van der Waals surface area contributed by atoms with Gasteiger partial charge < -0.3 is 5.11 Å². The highest BCUT2D eigenvalue weighted by Crippen LogP contribution is 2.37. The molecule has 1 nitrogen and oxygen atoms in total. The Morgan fingerprint density at radius 1 is 1.00 bits per heavy atom. The minimum Gasteiger partial charge on any atom is -0.505 e. The van der Waals surface area contributed by atoms with E-state index in [2.05, 4.69) is 6.92 Å². The molecular weight excluding hydrogens is 282 g/mol. The zero-order chi connectivity index (χ0) is 15.7. The molecule has 0 heterocycles. The van der Waals surface area contributed by atoms with E-state index in [1.54, 1.807) is 0 Å². The Morgan fingerprint density at radius 2 is 1.68 bits per heavy atom. The van der Waals surface area contributed by atoms with Gasteiger partial charge in [-0.15, -0.1) is 0 Å². The Balaban J connectivity index is 1.59. The van der Waals surface area contributed by atoms with Gasteiger partial charge in [-0.05, 0) is 60.6 Å². The van der Waals surface area contributed by atoms with Gasteiger partial charge in [-0.25, -0.2) is 4.39 Å². The molecular formula is C19H26F2O. The molecule has 0 bridgehead atoms. The van der Waals surface area contributed by atoms with Gasteiger partial charge in [0, 0.05) is 0 Å². The van der Waals surface area contributed by atoms with Crippen LogP contribution in [0.4, 0.5) is 8.78 Å². The van der Waals surface area contributed by atoms with Crippen molar-refractivity contribution in [2.75, 3.05) is 0 Å². The van der Waals surface area contributed by atoms with E-state index in [1.807, 2.05) is 0 Å². The number of aromatic hydroxyl groups is 1. The first-order valence-electron chi connectivity index (χ1n) is 8.73. The second-order valence-electron chi connectivity index (χ2n) is 7.47. The van der Waals surface area contributed by atoms with Crippen molar-refractivity contribution in [1.82, 2.24) is 0 Å². The molecule has 1 aromatic rings. The summed E-state index contributed by atoms with van der Waals surface area (Å²) in [5.74, 6) is -0.287. The van der Waals surface area contributed by atoms with E-state index in [9.17, 15) is 13.9 Å². The quantitative estimate of drug-likeness (QED) is 0.794. The first-order chi connectivity index (χ1) is 10.5. The SMILES string of the molecule is CC1CCC(CCC2CCc3cc(O)c(F)c(F)c3C2)CC1. The van der Waals surface area contributed by atoms with Crippen LogP contribution in [0.1, 0.15) is 63.0 Å². The Kier molecular flexibility index (Phi) is 4.70. The van der Waals surface area contributed by atoms with Crippen molar-refractivity contribution in [3.63, 3.8) is 0 Å². The maximum Gasteiger partial charge on any atom is 0.200 e. The van der Waals surface area contributed by atoms with Crippen molar-refractivity contribution in [2.45, 2.75) is 64.7 Å². The van der Waals surface area contributed by atoms with Crippen LogP contribution in [0.2, 0.25) is 0 Å². The summed E-state index contributed by atoms with van der Waals surface area (Å²) in [6, 6.07) is 1.41. The fourth-order valence-corrected chi connectivity index (χ4v) is 4.23. The van der Waals surface area contributed by atoms with Crippen molar-refractivity contribution in [3.8, 4) is 5.75 Å². The molecule has 3 rings (SSSR count). The van der Waals surface area contributed by atoms with Crippen LogP contribution in [0.5, 0.6) is 5.75 Å². The third-order valence-corrected chi connectivity index (χ3v) is 5.81. The number of hydrogen-bond donors (Lipinski definition) is 1. The number of phenolic OH excluding ortho intramolecular Hbond substituents is 1. The molecule has 122 valence electrons. The van der Waals surface area contributed by atoms with Crippen molar-refractivity contribution in [2.24, 2.45) is 17.8 Å². The van der Waals surface area contributed by atoms with Gasteiger partial charge in [0.05, 0.1) is 0 Å². The van der Waals surface area contributed by atoms with Crippen LogP contribution in [0.15, 0.2) is 6.07 Å². The van der Waals surface area contributed by atoms with Gasteiger partial charge in [-0.2, -0.15) is 4.39 Å². The molecule has 2 aliphatic carbocycles. The second-order valence-corrected chi connectivity index (χ2v) is 7.47. The summed E-state index contributed by atoms with van der Waals surface area (Å²) in [4.78, 5) is 0. The van der Waals surface area contributed by atoms with Crippen LogP contribution < -0.4 is 0 Å². The topological polar surface area (TPSA) is 20.2 Å². The largest absolute Gasteiger partial charge is 0.505 e. The summed E-state index contributed by atoms with van der Waals surface area (Å²) < 4.78 is 27.6. The molecule has 0 spiro atoms. The van der Waals surface area contributed by atoms with Crippen LogP contribution >= 0.6 is 0 Å². The number of rotatable bonds is 3. The van der Waals surface area contributed by atoms with Crippen LogP contribution in [-0.2, 0) is 12.8 Å². The lowest BCUT2D eigenvalue weighted by Gasteiger charge is -2.29. The number of hydrogen-bond acceptors (Lipinski definition) is 1. The predicted molar refractivity (Wildman–Crippen MR) is 83.9 cm³/mol. The van der Waals surface area contributed by atoms with Crippen molar-refractivity contribution in [1.29, 1.82) is 0 Å². The van der Waals surface area contributed by atoms with Gasteiger partial charge in [-0.1, -0.05) is 39.0 Å². The van der Waals surface area contributed by atoms with E-state index >= 15 is 0 Å². The molecule has 22 heavy (non-hydrogen) atoms. The van der Waals surface area contributed by atoms with E-state index < -0.39 is 17.4 Å². The van der Waals surface area contributed by atoms with Crippen LogP contribution in [-0.4, -0.2) is 5.11 Å². The summed E-state index contributed by atoms with van der Waals surface area (Å²) in [5, 5.41) is 9.40. The fraction of sp³-hybridized carbons (Fsp3) is 0.684. The summed E-state index contributed by atoms with van der Waals surface area (Å²) >= 11 is 0. The Morgan fingerprint density at radius 3 is 2.41 bits per heavy atom. The third kappa shape index (κ3) is 3.28. The number of halogens is 2. The molecule has 1 atom stereocenters. The lowest BCUT2D eigenvalue weighted by atomic mass is 9.76. The smallest absolute Gasteiger partial charge is 0.200 e. The average molecular weight is 308 g/mol. The highest BCUT2D eigenvalue weighted by Gasteiger charge is 2.26. The van der Waals surface area contributed by atoms with Gasteiger partial charge in [-0.3, -0.25) is 0 Å². The number of fused-ring (bicyclic) bond motifs is 1. The maximum absolute atomic E-state index is 14.0. The summed E-state index contributed by atoms with van der Waals surface area (Å²) in [5.41, 5.74) is 1.29. The number of aryl methyl sites for hydroxylation is 1. The minimum absolute atomic E-state index is 0.463. The first kappa shape index (κ1) is 15.8.